The van der Waals surface area contributed by atoms with Crippen LogP contribution in [-0.2, 0) is 10.0 Å². The third kappa shape index (κ3) is 4.30. The third-order valence-electron chi connectivity index (χ3n) is 2.55. The van der Waals surface area contributed by atoms with Gasteiger partial charge in [0.15, 0.2) is 0 Å². The zero-order valence-corrected chi connectivity index (χ0v) is 12.3. The van der Waals surface area contributed by atoms with Crippen molar-refractivity contribution >= 4 is 21.7 Å². The molecule has 0 aliphatic heterocycles. The molecule has 1 aromatic carbocycles. The van der Waals surface area contributed by atoms with Gasteiger partial charge in [-0.3, -0.25) is 0 Å². The van der Waals surface area contributed by atoms with E-state index < -0.39 is 16.1 Å². The number of sulfonamides is 1. The van der Waals surface area contributed by atoms with Crippen LogP contribution in [0.3, 0.4) is 0 Å². The summed E-state index contributed by atoms with van der Waals surface area (Å²) in [7, 11) is -2.55. The first-order valence-corrected chi connectivity index (χ1v) is 7.63. The normalized spacial score (nSPS) is 10.9. The smallest absolute Gasteiger partial charge is 0.328 e. The van der Waals surface area contributed by atoms with Gasteiger partial charge in [-0.2, -0.15) is 0 Å². The van der Waals surface area contributed by atoms with Crippen molar-refractivity contribution in [2.24, 2.45) is 0 Å². The van der Waals surface area contributed by atoms with E-state index in [0.29, 0.717) is 12.3 Å². The van der Waals surface area contributed by atoms with Gasteiger partial charge in [0.1, 0.15) is 10.6 Å². The Kier molecular flexibility index (Phi) is 5.63. The SMILES string of the molecule is CCCCNC(=O)NS(=O)(=O)c1ccc(OC)cc1N. The summed E-state index contributed by atoms with van der Waals surface area (Å²) in [6.45, 7) is 2.38. The molecule has 0 bridgehead atoms. The van der Waals surface area contributed by atoms with Crippen molar-refractivity contribution < 1.29 is 17.9 Å². The van der Waals surface area contributed by atoms with Crippen molar-refractivity contribution in [1.29, 1.82) is 0 Å². The summed E-state index contributed by atoms with van der Waals surface area (Å²) in [6.07, 6.45) is 1.68. The Morgan fingerprint density at radius 1 is 1.40 bits per heavy atom. The average molecular weight is 301 g/mol. The van der Waals surface area contributed by atoms with Gasteiger partial charge in [0.2, 0.25) is 0 Å². The van der Waals surface area contributed by atoms with Crippen LogP contribution in [0.4, 0.5) is 10.5 Å². The Labute approximate surface area is 118 Å². The number of hydrogen-bond acceptors (Lipinski definition) is 5. The second kappa shape index (κ2) is 6.99. The summed E-state index contributed by atoms with van der Waals surface area (Å²) in [5, 5.41) is 2.46. The first-order chi connectivity index (χ1) is 9.40. The molecule has 0 aromatic heterocycles. The number of methoxy groups -OCH3 is 1. The zero-order valence-electron chi connectivity index (χ0n) is 11.5. The van der Waals surface area contributed by atoms with Crippen LogP contribution in [0.2, 0.25) is 0 Å². The molecule has 0 aliphatic rings. The summed E-state index contributed by atoms with van der Waals surface area (Å²) < 4.78 is 30.9. The molecule has 0 spiro atoms. The lowest BCUT2D eigenvalue weighted by Gasteiger charge is -2.11. The van der Waals surface area contributed by atoms with Gasteiger partial charge in [0, 0.05) is 12.6 Å². The van der Waals surface area contributed by atoms with E-state index in [4.69, 9.17) is 10.5 Å². The van der Waals surface area contributed by atoms with E-state index in [1.807, 2.05) is 11.6 Å². The van der Waals surface area contributed by atoms with Gasteiger partial charge in [0.05, 0.1) is 12.8 Å². The van der Waals surface area contributed by atoms with Crippen LogP contribution in [0, 0.1) is 0 Å². The topological polar surface area (TPSA) is 111 Å². The van der Waals surface area contributed by atoms with Crippen molar-refractivity contribution in [3.63, 3.8) is 0 Å². The highest BCUT2D eigenvalue weighted by molar-refractivity contribution is 7.90. The van der Waals surface area contributed by atoms with Crippen LogP contribution < -0.4 is 20.5 Å². The number of nitrogens with one attached hydrogen (secondary N) is 2. The lowest BCUT2D eigenvalue weighted by molar-refractivity contribution is 0.245. The Morgan fingerprint density at radius 3 is 2.65 bits per heavy atom. The van der Waals surface area contributed by atoms with Crippen LogP contribution in [0.25, 0.3) is 0 Å². The molecule has 8 heteroatoms. The van der Waals surface area contributed by atoms with Crippen LogP contribution in [0.5, 0.6) is 5.75 Å². The summed E-state index contributed by atoms with van der Waals surface area (Å²) >= 11 is 0. The van der Waals surface area contributed by atoms with E-state index in [9.17, 15) is 13.2 Å². The van der Waals surface area contributed by atoms with Crippen molar-refractivity contribution in [1.82, 2.24) is 10.0 Å². The highest BCUT2D eigenvalue weighted by Crippen LogP contribution is 2.23. The molecule has 1 aromatic rings. The number of rotatable bonds is 6. The van der Waals surface area contributed by atoms with E-state index >= 15 is 0 Å². The maximum Gasteiger partial charge on any atom is 0.328 e. The lowest BCUT2D eigenvalue weighted by atomic mass is 10.3. The Balaban J connectivity index is 2.81. The Hall–Kier alpha value is -1.96. The molecule has 0 fully saturated rings. The summed E-state index contributed by atoms with van der Waals surface area (Å²) in [4.78, 5) is 11.3. The molecule has 20 heavy (non-hydrogen) atoms. The first kappa shape index (κ1) is 16.1. The molecule has 0 unspecified atom stereocenters. The predicted octanol–water partition coefficient (Wildman–Crippen LogP) is 1.07. The summed E-state index contributed by atoms with van der Waals surface area (Å²) in [6, 6.07) is 3.35. The van der Waals surface area contributed by atoms with Crippen molar-refractivity contribution in [2.45, 2.75) is 24.7 Å². The zero-order chi connectivity index (χ0) is 15.2. The van der Waals surface area contributed by atoms with Crippen molar-refractivity contribution in [3.8, 4) is 5.75 Å². The summed E-state index contributed by atoms with van der Waals surface area (Å²) in [5.41, 5.74) is 5.66. The molecular weight excluding hydrogens is 282 g/mol. The molecule has 0 saturated heterocycles. The molecule has 0 aliphatic carbocycles. The number of ether oxygens (including phenoxy) is 1. The number of carbonyl (C=O) groups excluding carboxylic acids is 1. The molecule has 0 saturated carbocycles. The number of anilines is 1. The lowest BCUT2D eigenvalue weighted by Crippen LogP contribution is -2.39. The number of amides is 2. The number of benzene rings is 1. The number of urea groups is 1. The van der Waals surface area contributed by atoms with E-state index in [0.717, 1.165) is 12.8 Å². The number of unbranched alkanes of at least 4 members (excludes halogenated alkanes) is 1. The highest BCUT2D eigenvalue weighted by Gasteiger charge is 2.20. The quantitative estimate of drug-likeness (QED) is 0.537. The highest BCUT2D eigenvalue weighted by atomic mass is 32.2. The molecule has 0 radical (unpaired) electrons. The van der Waals surface area contributed by atoms with Crippen molar-refractivity contribution in [3.05, 3.63) is 18.2 Å². The number of nitrogen functional groups attached to an aromatic ring is 1. The van der Waals surface area contributed by atoms with Crippen LogP contribution in [0.15, 0.2) is 23.1 Å². The summed E-state index contributed by atoms with van der Waals surface area (Å²) in [5.74, 6) is 0.439. The first-order valence-electron chi connectivity index (χ1n) is 6.15. The number of nitrogens with two attached hydrogens (primary N) is 1. The van der Waals surface area contributed by atoms with E-state index in [-0.39, 0.29) is 10.6 Å². The molecule has 112 valence electrons. The fourth-order valence-electron chi connectivity index (χ4n) is 1.49. The fourth-order valence-corrected chi connectivity index (χ4v) is 2.53. The Bertz CT molecular complexity index is 572. The fraction of sp³-hybridized carbons (Fsp3) is 0.417. The van der Waals surface area contributed by atoms with Gasteiger partial charge in [0.25, 0.3) is 10.0 Å². The minimum Gasteiger partial charge on any atom is -0.497 e. The van der Waals surface area contributed by atoms with Gasteiger partial charge in [-0.1, -0.05) is 13.3 Å². The monoisotopic (exact) mass is 301 g/mol. The second-order valence-electron chi connectivity index (χ2n) is 4.12. The third-order valence-corrected chi connectivity index (χ3v) is 3.95. The molecule has 7 nitrogen and oxygen atoms in total. The van der Waals surface area contributed by atoms with Gasteiger partial charge < -0.3 is 15.8 Å². The second-order valence-corrected chi connectivity index (χ2v) is 5.77. The standard InChI is InChI=1S/C12H19N3O4S/c1-3-4-7-14-12(16)15-20(17,18)11-6-5-9(19-2)8-10(11)13/h5-6,8H,3-4,7,13H2,1-2H3,(H2,14,15,16). The minimum atomic E-state index is -3.99. The van der Waals surface area contributed by atoms with E-state index in [1.165, 1.54) is 25.3 Å². The minimum absolute atomic E-state index is 0.0122. The molecule has 1 rings (SSSR count). The molecule has 0 heterocycles. The van der Waals surface area contributed by atoms with Gasteiger partial charge in [-0.15, -0.1) is 0 Å². The van der Waals surface area contributed by atoms with Gasteiger partial charge >= 0.3 is 6.03 Å². The maximum atomic E-state index is 12.0. The van der Waals surface area contributed by atoms with Crippen molar-refractivity contribution in [2.75, 3.05) is 19.4 Å². The Morgan fingerprint density at radius 2 is 2.10 bits per heavy atom. The molecule has 2 amide bonds. The van der Waals surface area contributed by atoms with Crippen LogP contribution in [0.1, 0.15) is 19.8 Å². The largest absolute Gasteiger partial charge is 0.497 e. The molecule has 0 atom stereocenters. The molecular formula is C12H19N3O4S. The molecule has 4 N–H and O–H groups in total. The van der Waals surface area contributed by atoms with E-state index in [1.54, 1.807) is 0 Å². The van der Waals surface area contributed by atoms with Gasteiger partial charge in [-0.25, -0.2) is 17.9 Å². The number of hydrogen-bond donors (Lipinski definition) is 3. The van der Waals surface area contributed by atoms with E-state index in [2.05, 4.69) is 5.32 Å². The van der Waals surface area contributed by atoms with Gasteiger partial charge in [-0.05, 0) is 18.6 Å². The number of carbonyl (C=O) groups is 1. The van der Waals surface area contributed by atoms with Crippen LogP contribution in [-0.4, -0.2) is 28.1 Å². The predicted molar refractivity (Wildman–Crippen MR) is 76.0 cm³/mol. The van der Waals surface area contributed by atoms with Crippen LogP contribution >= 0.6 is 0 Å². The average Bonchev–Trinajstić information content (AvgIpc) is 2.37. The maximum absolute atomic E-state index is 12.0.